The fraction of sp³-hybridized carbons (Fsp3) is 0.647. The highest BCUT2D eigenvalue weighted by Crippen LogP contribution is 2.38. The molecule has 2 saturated heterocycles. The maximum Gasteiger partial charge on any atom is 0.122 e. The first-order chi connectivity index (χ1) is 9.81. The van der Waals surface area contributed by atoms with E-state index >= 15 is 0 Å². The molecule has 3 rings (SSSR count). The Balaban J connectivity index is 1.68. The first-order valence-electron chi connectivity index (χ1n) is 7.78. The van der Waals surface area contributed by atoms with Gasteiger partial charge in [-0.05, 0) is 42.4 Å². The number of aryl methyl sites for hydroxylation is 1. The normalized spacial score (nSPS) is 25.6. The third kappa shape index (κ3) is 3.15. The number of benzene rings is 1. The van der Waals surface area contributed by atoms with Crippen LogP contribution in [0.15, 0.2) is 24.3 Å². The Bertz CT molecular complexity index is 435. The fourth-order valence-electron chi connectivity index (χ4n) is 3.27. The lowest BCUT2D eigenvalue weighted by Crippen LogP contribution is -2.46. The van der Waals surface area contributed by atoms with Gasteiger partial charge in [-0.3, -0.25) is 0 Å². The van der Waals surface area contributed by atoms with Crippen molar-refractivity contribution in [3.05, 3.63) is 29.8 Å². The molecule has 2 fully saturated rings. The summed E-state index contributed by atoms with van der Waals surface area (Å²) in [6.07, 6.45) is 5.80. The highest BCUT2D eigenvalue weighted by molar-refractivity contribution is 7.99. The average molecular weight is 292 g/mol. The summed E-state index contributed by atoms with van der Waals surface area (Å²) in [6.45, 7) is 3.04. The molecule has 1 aromatic carbocycles. The summed E-state index contributed by atoms with van der Waals surface area (Å²) >= 11 is 2.05. The van der Waals surface area contributed by atoms with Crippen LogP contribution in [0.25, 0.3) is 0 Å². The van der Waals surface area contributed by atoms with Crippen LogP contribution in [0.5, 0.6) is 5.75 Å². The molecule has 0 saturated carbocycles. The minimum atomic E-state index is 0.106. The molecule has 1 unspecified atom stereocenters. The number of ether oxygens (including phenoxy) is 2. The van der Waals surface area contributed by atoms with E-state index in [-0.39, 0.29) is 5.60 Å². The molecule has 1 spiro atoms. The van der Waals surface area contributed by atoms with Crippen LogP contribution in [0.1, 0.15) is 38.2 Å². The smallest absolute Gasteiger partial charge is 0.122 e. The van der Waals surface area contributed by atoms with Crippen LogP contribution < -0.4 is 4.74 Å². The molecule has 0 aromatic heterocycles. The van der Waals surface area contributed by atoms with E-state index in [0.29, 0.717) is 6.10 Å². The third-order valence-electron chi connectivity index (χ3n) is 4.50. The van der Waals surface area contributed by atoms with Gasteiger partial charge in [-0.25, -0.2) is 0 Å². The van der Waals surface area contributed by atoms with E-state index in [9.17, 15) is 0 Å². The lowest BCUT2D eigenvalue weighted by Gasteiger charge is -2.43. The Hall–Kier alpha value is -0.670. The van der Waals surface area contributed by atoms with E-state index in [0.717, 1.165) is 31.6 Å². The Labute approximate surface area is 126 Å². The highest BCUT2D eigenvalue weighted by atomic mass is 32.2. The lowest BCUT2D eigenvalue weighted by atomic mass is 9.86. The number of hydrogen-bond acceptors (Lipinski definition) is 3. The number of hydrogen-bond donors (Lipinski definition) is 0. The van der Waals surface area contributed by atoms with Crippen LogP contribution in [-0.2, 0) is 11.2 Å². The van der Waals surface area contributed by atoms with E-state index in [1.807, 2.05) is 0 Å². The maximum absolute atomic E-state index is 6.32. The van der Waals surface area contributed by atoms with Gasteiger partial charge < -0.3 is 9.47 Å². The molecule has 1 atom stereocenters. The van der Waals surface area contributed by atoms with E-state index in [4.69, 9.17) is 9.47 Å². The summed E-state index contributed by atoms with van der Waals surface area (Å²) in [4.78, 5) is 0. The van der Waals surface area contributed by atoms with Crippen LogP contribution in [0, 0.1) is 0 Å². The zero-order valence-electron chi connectivity index (χ0n) is 12.3. The SMILES string of the molecule is CCc1ccccc1OC1CCOC2(CCSCC2)C1. The van der Waals surface area contributed by atoms with Gasteiger partial charge in [0.15, 0.2) is 0 Å². The van der Waals surface area contributed by atoms with Crippen molar-refractivity contribution in [2.75, 3.05) is 18.1 Å². The summed E-state index contributed by atoms with van der Waals surface area (Å²) in [6, 6.07) is 8.44. The van der Waals surface area contributed by atoms with Crippen LogP contribution in [0.3, 0.4) is 0 Å². The Morgan fingerprint density at radius 1 is 1.30 bits per heavy atom. The van der Waals surface area contributed by atoms with Crippen molar-refractivity contribution in [3.63, 3.8) is 0 Å². The van der Waals surface area contributed by atoms with Crippen molar-refractivity contribution in [1.82, 2.24) is 0 Å². The molecule has 2 aliphatic heterocycles. The Morgan fingerprint density at radius 2 is 2.10 bits per heavy atom. The topological polar surface area (TPSA) is 18.5 Å². The molecule has 2 aliphatic rings. The van der Waals surface area contributed by atoms with Gasteiger partial charge in [0.25, 0.3) is 0 Å². The van der Waals surface area contributed by atoms with Crippen molar-refractivity contribution in [1.29, 1.82) is 0 Å². The van der Waals surface area contributed by atoms with Crippen LogP contribution >= 0.6 is 11.8 Å². The van der Waals surface area contributed by atoms with Gasteiger partial charge in [0.05, 0.1) is 12.2 Å². The maximum atomic E-state index is 6.32. The van der Waals surface area contributed by atoms with Crippen molar-refractivity contribution in [2.45, 2.75) is 50.7 Å². The summed E-state index contributed by atoms with van der Waals surface area (Å²) in [5.41, 5.74) is 1.42. The van der Waals surface area contributed by atoms with Crippen molar-refractivity contribution in [2.24, 2.45) is 0 Å². The lowest BCUT2D eigenvalue weighted by molar-refractivity contribution is -0.116. The fourth-order valence-corrected chi connectivity index (χ4v) is 4.50. The second-order valence-corrected chi connectivity index (χ2v) is 7.06. The van der Waals surface area contributed by atoms with Gasteiger partial charge in [0.1, 0.15) is 11.9 Å². The highest BCUT2D eigenvalue weighted by Gasteiger charge is 2.39. The Morgan fingerprint density at radius 3 is 2.90 bits per heavy atom. The molecule has 2 nitrogen and oxygen atoms in total. The number of para-hydroxylation sites is 1. The molecule has 110 valence electrons. The van der Waals surface area contributed by atoms with E-state index in [1.54, 1.807) is 0 Å². The summed E-state index contributed by atoms with van der Waals surface area (Å²) in [7, 11) is 0. The zero-order chi connectivity index (χ0) is 13.8. The second kappa shape index (κ2) is 6.40. The van der Waals surface area contributed by atoms with Crippen molar-refractivity contribution >= 4 is 11.8 Å². The molecule has 0 radical (unpaired) electrons. The molecule has 0 bridgehead atoms. The monoisotopic (exact) mass is 292 g/mol. The van der Waals surface area contributed by atoms with Gasteiger partial charge in [-0.1, -0.05) is 25.1 Å². The summed E-state index contributed by atoms with van der Waals surface area (Å²) < 4.78 is 12.5. The van der Waals surface area contributed by atoms with Gasteiger partial charge in [0.2, 0.25) is 0 Å². The molecule has 2 heterocycles. The largest absolute Gasteiger partial charge is 0.490 e. The van der Waals surface area contributed by atoms with Crippen LogP contribution in [0.4, 0.5) is 0 Å². The molecule has 20 heavy (non-hydrogen) atoms. The number of rotatable bonds is 3. The number of thioether (sulfide) groups is 1. The predicted molar refractivity (Wildman–Crippen MR) is 84.7 cm³/mol. The Kier molecular flexibility index (Phi) is 4.57. The molecule has 0 aliphatic carbocycles. The average Bonchev–Trinajstić information content (AvgIpc) is 2.49. The van der Waals surface area contributed by atoms with E-state index in [1.165, 1.54) is 29.9 Å². The summed E-state index contributed by atoms with van der Waals surface area (Å²) in [5, 5.41) is 0. The molecule has 0 amide bonds. The van der Waals surface area contributed by atoms with Gasteiger partial charge in [-0.15, -0.1) is 0 Å². The standard InChI is InChI=1S/C17H24O2S/c1-2-14-5-3-4-6-16(14)19-15-7-10-18-17(13-15)8-11-20-12-9-17/h3-6,15H,2,7-13H2,1H3. The van der Waals surface area contributed by atoms with Gasteiger partial charge in [-0.2, -0.15) is 11.8 Å². The molecule has 0 N–H and O–H groups in total. The quantitative estimate of drug-likeness (QED) is 0.836. The van der Waals surface area contributed by atoms with E-state index in [2.05, 4.69) is 43.0 Å². The molecular formula is C17H24O2S. The van der Waals surface area contributed by atoms with Gasteiger partial charge >= 0.3 is 0 Å². The van der Waals surface area contributed by atoms with Gasteiger partial charge in [0, 0.05) is 12.8 Å². The minimum Gasteiger partial charge on any atom is -0.490 e. The predicted octanol–water partition coefficient (Wildman–Crippen LogP) is 4.07. The minimum absolute atomic E-state index is 0.106. The van der Waals surface area contributed by atoms with Crippen LogP contribution in [-0.4, -0.2) is 29.8 Å². The summed E-state index contributed by atoms with van der Waals surface area (Å²) in [5.74, 6) is 3.54. The van der Waals surface area contributed by atoms with Crippen molar-refractivity contribution < 1.29 is 9.47 Å². The molecule has 1 aromatic rings. The molecular weight excluding hydrogens is 268 g/mol. The van der Waals surface area contributed by atoms with E-state index < -0.39 is 0 Å². The van der Waals surface area contributed by atoms with Crippen molar-refractivity contribution in [3.8, 4) is 5.75 Å². The first-order valence-corrected chi connectivity index (χ1v) is 8.93. The third-order valence-corrected chi connectivity index (χ3v) is 5.48. The molecule has 3 heteroatoms. The zero-order valence-corrected chi connectivity index (χ0v) is 13.1. The second-order valence-electron chi connectivity index (χ2n) is 5.84. The van der Waals surface area contributed by atoms with Crippen LogP contribution in [0.2, 0.25) is 0 Å². The first kappa shape index (κ1) is 14.3.